The fraction of sp³-hybridized carbons (Fsp3) is 0.143. The molecule has 2 aromatic rings. The van der Waals surface area contributed by atoms with Crippen molar-refractivity contribution in [3.63, 3.8) is 0 Å². The Morgan fingerprint density at radius 2 is 2.05 bits per heavy atom. The number of nitrogens with one attached hydrogen (secondary N) is 1. The van der Waals surface area contributed by atoms with Crippen LogP contribution in [0.15, 0.2) is 51.8 Å². The van der Waals surface area contributed by atoms with E-state index < -0.39 is 0 Å². The summed E-state index contributed by atoms with van der Waals surface area (Å²) < 4.78 is 14.5. The summed E-state index contributed by atoms with van der Waals surface area (Å²) in [4.78, 5) is 1.02. The van der Waals surface area contributed by atoms with Gasteiger partial charge in [0, 0.05) is 21.2 Å². The van der Waals surface area contributed by atoms with Crippen molar-refractivity contribution in [2.45, 2.75) is 10.9 Å². The Labute approximate surface area is 135 Å². The second kappa shape index (κ2) is 7.43. The fourth-order valence-corrected chi connectivity index (χ4v) is 3.41. The van der Waals surface area contributed by atoms with Crippen LogP contribution in [-0.2, 0) is 0 Å². The summed E-state index contributed by atoms with van der Waals surface area (Å²) in [7, 11) is 0. The molecule has 2 rings (SSSR count). The van der Waals surface area contributed by atoms with E-state index in [0.29, 0.717) is 20.8 Å². The molecule has 0 spiro atoms. The zero-order valence-electron chi connectivity index (χ0n) is 10.4. The molecular formula is C14H13BrClFN2S. The first-order valence-electron chi connectivity index (χ1n) is 5.90. The maximum Gasteiger partial charge on any atom is 0.142 e. The zero-order valence-corrected chi connectivity index (χ0v) is 13.6. The van der Waals surface area contributed by atoms with Crippen LogP contribution >= 0.6 is 39.3 Å². The highest BCUT2D eigenvalue weighted by Crippen LogP contribution is 2.29. The first-order valence-corrected chi connectivity index (χ1v) is 8.06. The SMILES string of the molecule is NNC(CSc1cccc(Cl)c1)c1cccc(Br)c1F. The molecule has 0 bridgehead atoms. The summed E-state index contributed by atoms with van der Waals surface area (Å²) >= 11 is 10.7. The van der Waals surface area contributed by atoms with Gasteiger partial charge in [-0.2, -0.15) is 0 Å². The molecule has 3 N–H and O–H groups in total. The highest BCUT2D eigenvalue weighted by molar-refractivity contribution is 9.10. The number of nitrogens with two attached hydrogens (primary N) is 1. The third-order valence-corrected chi connectivity index (χ3v) is 4.71. The minimum Gasteiger partial charge on any atom is -0.271 e. The standard InChI is InChI=1S/C14H13BrClFN2S/c15-12-6-2-5-11(14(12)17)13(19-18)8-20-10-4-1-3-9(16)7-10/h1-7,13,19H,8,18H2. The van der Waals surface area contributed by atoms with Crippen molar-refractivity contribution >= 4 is 39.3 Å². The van der Waals surface area contributed by atoms with E-state index in [-0.39, 0.29) is 11.9 Å². The summed E-state index contributed by atoms with van der Waals surface area (Å²) in [5, 5.41) is 0.681. The number of halogens is 3. The molecule has 20 heavy (non-hydrogen) atoms. The maximum atomic E-state index is 14.1. The third kappa shape index (κ3) is 3.96. The Balaban J connectivity index is 2.11. The Morgan fingerprint density at radius 1 is 1.30 bits per heavy atom. The molecule has 0 saturated carbocycles. The second-order valence-corrected chi connectivity index (χ2v) is 6.51. The zero-order chi connectivity index (χ0) is 14.5. The molecule has 6 heteroatoms. The van der Waals surface area contributed by atoms with Crippen LogP contribution in [0.4, 0.5) is 4.39 Å². The minimum absolute atomic E-state index is 0.281. The average Bonchev–Trinajstić information content (AvgIpc) is 2.44. The molecule has 0 aliphatic rings. The fourth-order valence-electron chi connectivity index (χ4n) is 1.75. The van der Waals surface area contributed by atoms with Crippen LogP contribution in [0, 0.1) is 5.82 Å². The maximum absolute atomic E-state index is 14.1. The van der Waals surface area contributed by atoms with Crippen LogP contribution in [0.25, 0.3) is 0 Å². The molecule has 0 saturated heterocycles. The largest absolute Gasteiger partial charge is 0.271 e. The van der Waals surface area contributed by atoms with Gasteiger partial charge >= 0.3 is 0 Å². The van der Waals surface area contributed by atoms with Crippen LogP contribution in [-0.4, -0.2) is 5.75 Å². The molecule has 0 heterocycles. The molecule has 0 fully saturated rings. The van der Waals surface area contributed by atoms with E-state index in [1.807, 2.05) is 24.3 Å². The van der Waals surface area contributed by atoms with E-state index in [1.54, 1.807) is 30.0 Å². The van der Waals surface area contributed by atoms with Gasteiger partial charge in [-0.25, -0.2) is 4.39 Å². The van der Waals surface area contributed by atoms with E-state index in [9.17, 15) is 4.39 Å². The number of hydrogen-bond donors (Lipinski definition) is 2. The van der Waals surface area contributed by atoms with E-state index in [2.05, 4.69) is 21.4 Å². The number of benzene rings is 2. The number of hydrogen-bond acceptors (Lipinski definition) is 3. The van der Waals surface area contributed by atoms with Crippen LogP contribution in [0.5, 0.6) is 0 Å². The molecule has 1 unspecified atom stereocenters. The lowest BCUT2D eigenvalue weighted by atomic mass is 10.1. The lowest BCUT2D eigenvalue weighted by Crippen LogP contribution is -2.30. The lowest BCUT2D eigenvalue weighted by Gasteiger charge is -2.17. The molecule has 0 radical (unpaired) electrons. The second-order valence-electron chi connectivity index (χ2n) is 4.13. The topological polar surface area (TPSA) is 38.0 Å². The lowest BCUT2D eigenvalue weighted by molar-refractivity contribution is 0.543. The van der Waals surface area contributed by atoms with Gasteiger partial charge < -0.3 is 0 Å². The molecular weight excluding hydrogens is 363 g/mol. The quantitative estimate of drug-likeness (QED) is 0.458. The normalized spacial score (nSPS) is 12.4. The van der Waals surface area contributed by atoms with Crippen molar-refractivity contribution < 1.29 is 4.39 Å². The summed E-state index contributed by atoms with van der Waals surface area (Å²) in [6.07, 6.45) is 0. The van der Waals surface area contributed by atoms with Crippen molar-refractivity contribution in [1.29, 1.82) is 0 Å². The van der Waals surface area contributed by atoms with Crippen molar-refractivity contribution in [2.24, 2.45) is 5.84 Å². The van der Waals surface area contributed by atoms with Crippen molar-refractivity contribution in [3.05, 3.63) is 63.3 Å². The van der Waals surface area contributed by atoms with E-state index in [1.165, 1.54) is 0 Å². The molecule has 2 nitrogen and oxygen atoms in total. The monoisotopic (exact) mass is 374 g/mol. The van der Waals surface area contributed by atoms with E-state index in [0.717, 1.165) is 4.90 Å². The van der Waals surface area contributed by atoms with Gasteiger partial charge in [0.2, 0.25) is 0 Å². The van der Waals surface area contributed by atoms with Crippen LogP contribution < -0.4 is 11.3 Å². The van der Waals surface area contributed by atoms with E-state index >= 15 is 0 Å². The highest BCUT2D eigenvalue weighted by atomic mass is 79.9. The van der Waals surface area contributed by atoms with Gasteiger partial charge in [-0.3, -0.25) is 11.3 Å². The number of thioether (sulfide) groups is 1. The summed E-state index contributed by atoms with van der Waals surface area (Å²) in [5.74, 6) is 5.86. The average molecular weight is 376 g/mol. The minimum atomic E-state index is -0.290. The third-order valence-electron chi connectivity index (χ3n) is 2.77. The molecule has 0 amide bonds. The van der Waals surface area contributed by atoms with Crippen LogP contribution in [0.3, 0.4) is 0 Å². The Bertz CT molecular complexity index is 597. The highest BCUT2D eigenvalue weighted by Gasteiger charge is 2.16. The predicted molar refractivity (Wildman–Crippen MR) is 86.3 cm³/mol. The molecule has 1 atom stereocenters. The first-order chi connectivity index (χ1) is 9.61. The molecule has 2 aromatic carbocycles. The summed E-state index contributed by atoms with van der Waals surface area (Å²) in [6.45, 7) is 0. The van der Waals surface area contributed by atoms with Crippen LogP contribution in [0.2, 0.25) is 5.02 Å². The van der Waals surface area contributed by atoms with Gasteiger partial charge in [-0.1, -0.05) is 29.8 Å². The van der Waals surface area contributed by atoms with Gasteiger partial charge in [0.05, 0.1) is 10.5 Å². The van der Waals surface area contributed by atoms with Crippen molar-refractivity contribution in [2.75, 3.05) is 5.75 Å². The Kier molecular flexibility index (Phi) is 5.86. The molecule has 0 aliphatic heterocycles. The summed E-state index contributed by atoms with van der Waals surface area (Å²) in [6, 6.07) is 12.4. The Morgan fingerprint density at radius 3 is 2.75 bits per heavy atom. The smallest absolute Gasteiger partial charge is 0.142 e. The van der Waals surface area contributed by atoms with Gasteiger partial charge in [-0.15, -0.1) is 11.8 Å². The van der Waals surface area contributed by atoms with Crippen molar-refractivity contribution in [1.82, 2.24) is 5.43 Å². The van der Waals surface area contributed by atoms with Gasteiger partial charge in [0.15, 0.2) is 0 Å². The van der Waals surface area contributed by atoms with Gasteiger partial charge in [0.25, 0.3) is 0 Å². The summed E-state index contributed by atoms with van der Waals surface area (Å²) in [5.41, 5.74) is 3.19. The molecule has 0 aliphatic carbocycles. The number of hydrazine groups is 1. The number of rotatable bonds is 5. The first kappa shape index (κ1) is 15.8. The van der Waals surface area contributed by atoms with Gasteiger partial charge in [0.1, 0.15) is 5.82 Å². The predicted octanol–water partition coefficient (Wildman–Crippen LogP) is 4.54. The van der Waals surface area contributed by atoms with E-state index in [4.69, 9.17) is 17.4 Å². The van der Waals surface area contributed by atoms with Crippen LogP contribution in [0.1, 0.15) is 11.6 Å². The van der Waals surface area contributed by atoms with Crippen molar-refractivity contribution in [3.8, 4) is 0 Å². The van der Waals surface area contributed by atoms with Gasteiger partial charge in [-0.05, 0) is 40.2 Å². The molecule has 106 valence electrons. The Hall–Kier alpha value is -0.590. The molecule has 0 aromatic heterocycles.